The fourth-order valence-corrected chi connectivity index (χ4v) is 3.11. The van der Waals surface area contributed by atoms with Gasteiger partial charge in [-0.1, -0.05) is 54.6 Å². The molecule has 0 aliphatic heterocycles. The zero-order valence-electron chi connectivity index (χ0n) is 13.9. The van der Waals surface area contributed by atoms with Crippen LogP contribution in [0.15, 0.2) is 59.4 Å². The summed E-state index contributed by atoms with van der Waals surface area (Å²) in [5, 5.41) is 24.6. The zero-order chi connectivity index (χ0) is 19.0. The molecule has 0 radical (unpaired) electrons. The van der Waals surface area contributed by atoms with Crippen LogP contribution in [0.1, 0.15) is 11.4 Å². The Kier molecular flexibility index (Phi) is 3.89. The monoisotopic (exact) mass is 359 g/mol. The Labute approximate surface area is 152 Å². The molecule has 1 aromatic heterocycles. The number of benzene rings is 3. The second-order valence-electron chi connectivity index (χ2n) is 5.95. The van der Waals surface area contributed by atoms with Crippen LogP contribution in [-0.4, -0.2) is 20.0 Å². The van der Waals surface area contributed by atoms with Crippen molar-refractivity contribution in [2.45, 2.75) is 0 Å². The summed E-state index contributed by atoms with van der Waals surface area (Å²) in [5.41, 5.74) is -1.05. The highest BCUT2D eigenvalue weighted by molar-refractivity contribution is 6.07. The van der Waals surface area contributed by atoms with Crippen LogP contribution < -0.4 is 5.56 Å². The molecule has 0 aliphatic carbocycles. The average molecular weight is 359 g/mol. The van der Waals surface area contributed by atoms with E-state index in [1.807, 2.05) is 48.5 Å². The number of rotatable bonds is 3. The molecule has 7 nitrogen and oxygen atoms in total. The first kappa shape index (κ1) is 16.5. The van der Waals surface area contributed by atoms with E-state index >= 15 is 0 Å². The topological polar surface area (TPSA) is 109 Å². The van der Waals surface area contributed by atoms with Crippen LogP contribution >= 0.6 is 0 Å². The Bertz CT molecular complexity index is 1240. The van der Waals surface area contributed by atoms with Gasteiger partial charge in [-0.05, 0) is 39.3 Å². The van der Waals surface area contributed by atoms with E-state index in [0.717, 1.165) is 27.1 Å². The molecule has 0 fully saturated rings. The van der Waals surface area contributed by atoms with Gasteiger partial charge >= 0.3 is 11.2 Å². The number of hydrogen-bond acceptors (Lipinski definition) is 5. The molecule has 0 bridgehead atoms. The van der Waals surface area contributed by atoms with Crippen LogP contribution in [-0.2, 0) is 0 Å². The predicted octanol–water partition coefficient (Wildman–Crippen LogP) is 3.86. The molecule has 1 heterocycles. The fourth-order valence-electron chi connectivity index (χ4n) is 3.11. The molecule has 4 rings (SSSR count). The lowest BCUT2D eigenvalue weighted by Crippen LogP contribution is -2.14. The quantitative estimate of drug-likeness (QED) is 0.328. The third kappa shape index (κ3) is 2.91. The first-order chi connectivity index (χ1) is 13.0. The summed E-state index contributed by atoms with van der Waals surface area (Å²) in [7, 11) is 0. The van der Waals surface area contributed by atoms with Crippen molar-refractivity contribution in [3.05, 3.63) is 86.5 Å². The van der Waals surface area contributed by atoms with Crippen molar-refractivity contribution in [2.75, 3.05) is 0 Å². The first-order valence-corrected chi connectivity index (χ1v) is 8.11. The molecule has 0 aliphatic rings. The summed E-state index contributed by atoms with van der Waals surface area (Å²) in [4.78, 5) is 27.6. The third-order valence-electron chi connectivity index (χ3n) is 4.30. The molecule has 0 atom stereocenters. The number of aromatic hydroxyl groups is 1. The van der Waals surface area contributed by atoms with Gasteiger partial charge in [-0.15, -0.1) is 0 Å². The number of H-pyrrole nitrogens is 1. The molecule has 7 heteroatoms. The lowest BCUT2D eigenvalue weighted by molar-refractivity contribution is -0.387. The van der Waals surface area contributed by atoms with Gasteiger partial charge in [0.2, 0.25) is 0 Å². The number of aromatic amines is 1. The highest BCUT2D eigenvalue weighted by Crippen LogP contribution is 2.30. The number of aromatic nitrogens is 2. The number of nitro groups is 1. The van der Waals surface area contributed by atoms with Gasteiger partial charge in [0.25, 0.3) is 5.88 Å². The summed E-state index contributed by atoms with van der Waals surface area (Å²) in [6, 6.07) is 17.9. The highest BCUT2D eigenvalue weighted by atomic mass is 16.6. The summed E-state index contributed by atoms with van der Waals surface area (Å²) in [5.74, 6) is -0.883. The Balaban J connectivity index is 1.90. The fraction of sp³-hybridized carbons (Fsp3) is 0. The largest absolute Gasteiger partial charge is 0.488 e. The molecule has 0 unspecified atom stereocenters. The zero-order valence-corrected chi connectivity index (χ0v) is 13.9. The summed E-state index contributed by atoms with van der Waals surface area (Å²) in [6.07, 6.45) is 3.28. The maximum absolute atomic E-state index is 11.8. The number of fused-ring (bicyclic) bond motifs is 2. The number of hydrogen-bond donors (Lipinski definition) is 2. The standard InChI is InChI=1S/C20H13N3O4/c24-19-18(23(26)27)20(25)22-17(21-19)10-9-16-14-7-3-1-5-12(14)11-13-6-2-4-8-15(13)16/h1-11H,(H2,21,22,24,25)/b10-9+. The van der Waals surface area contributed by atoms with Crippen LogP contribution in [0.5, 0.6) is 5.88 Å². The van der Waals surface area contributed by atoms with E-state index in [-0.39, 0.29) is 5.82 Å². The molecule has 0 saturated heterocycles. The molecule has 0 amide bonds. The van der Waals surface area contributed by atoms with Gasteiger partial charge < -0.3 is 10.1 Å². The second-order valence-corrected chi connectivity index (χ2v) is 5.95. The Morgan fingerprint density at radius 1 is 1.00 bits per heavy atom. The van der Waals surface area contributed by atoms with Gasteiger partial charge in [-0.3, -0.25) is 14.9 Å². The Hall–Kier alpha value is -4.00. The molecule has 0 saturated carbocycles. The molecular formula is C20H13N3O4. The van der Waals surface area contributed by atoms with Crippen molar-refractivity contribution < 1.29 is 10.0 Å². The van der Waals surface area contributed by atoms with Crippen molar-refractivity contribution in [1.29, 1.82) is 0 Å². The van der Waals surface area contributed by atoms with E-state index in [4.69, 9.17) is 0 Å². The van der Waals surface area contributed by atoms with Gasteiger partial charge in [0.15, 0.2) is 0 Å². The molecule has 3 aromatic carbocycles. The van der Waals surface area contributed by atoms with Gasteiger partial charge in [0.05, 0.1) is 4.92 Å². The van der Waals surface area contributed by atoms with E-state index in [2.05, 4.69) is 16.0 Å². The van der Waals surface area contributed by atoms with Crippen molar-refractivity contribution in [3.8, 4) is 5.88 Å². The number of nitrogens with one attached hydrogen (secondary N) is 1. The van der Waals surface area contributed by atoms with Crippen LogP contribution in [0.25, 0.3) is 33.7 Å². The Morgan fingerprint density at radius 3 is 2.15 bits per heavy atom. The minimum atomic E-state index is -1.00. The van der Waals surface area contributed by atoms with E-state index in [1.54, 1.807) is 6.08 Å². The van der Waals surface area contributed by atoms with Gasteiger partial charge in [-0.25, -0.2) is 0 Å². The molecule has 2 N–H and O–H groups in total. The molecular weight excluding hydrogens is 346 g/mol. The first-order valence-electron chi connectivity index (χ1n) is 8.11. The Morgan fingerprint density at radius 2 is 1.59 bits per heavy atom. The molecule has 27 heavy (non-hydrogen) atoms. The van der Waals surface area contributed by atoms with E-state index < -0.39 is 22.0 Å². The average Bonchev–Trinajstić information content (AvgIpc) is 2.64. The van der Waals surface area contributed by atoms with E-state index in [0.29, 0.717) is 0 Å². The van der Waals surface area contributed by atoms with Gasteiger partial charge in [0.1, 0.15) is 5.82 Å². The summed E-state index contributed by atoms with van der Waals surface area (Å²) in [6.45, 7) is 0. The van der Waals surface area contributed by atoms with Gasteiger partial charge in [0, 0.05) is 0 Å². The maximum Gasteiger partial charge on any atom is 0.395 e. The lowest BCUT2D eigenvalue weighted by Gasteiger charge is -2.08. The minimum Gasteiger partial charge on any atom is -0.488 e. The molecule has 0 spiro atoms. The van der Waals surface area contributed by atoms with Crippen LogP contribution in [0.4, 0.5) is 5.69 Å². The third-order valence-corrected chi connectivity index (χ3v) is 4.30. The highest BCUT2D eigenvalue weighted by Gasteiger charge is 2.21. The minimum absolute atomic E-state index is 0.0279. The maximum atomic E-state index is 11.8. The van der Waals surface area contributed by atoms with E-state index in [1.165, 1.54) is 6.08 Å². The van der Waals surface area contributed by atoms with E-state index in [9.17, 15) is 20.0 Å². The predicted molar refractivity (Wildman–Crippen MR) is 104 cm³/mol. The van der Waals surface area contributed by atoms with Crippen LogP contribution in [0.3, 0.4) is 0 Å². The van der Waals surface area contributed by atoms with Gasteiger partial charge in [-0.2, -0.15) is 4.98 Å². The normalized spacial score (nSPS) is 11.4. The number of nitrogens with zero attached hydrogens (tertiary/aromatic N) is 2. The van der Waals surface area contributed by atoms with Crippen molar-refractivity contribution in [3.63, 3.8) is 0 Å². The SMILES string of the molecule is O=c1[nH]c(/C=C/c2c3ccccc3cc3ccccc23)nc(O)c1[N+](=O)[O-]. The smallest absolute Gasteiger partial charge is 0.395 e. The lowest BCUT2D eigenvalue weighted by atomic mass is 9.96. The van der Waals surface area contributed by atoms with Crippen molar-refractivity contribution in [1.82, 2.24) is 9.97 Å². The van der Waals surface area contributed by atoms with Crippen LogP contribution in [0.2, 0.25) is 0 Å². The van der Waals surface area contributed by atoms with Crippen molar-refractivity contribution >= 4 is 39.4 Å². The second kappa shape index (κ2) is 6.38. The van der Waals surface area contributed by atoms with Crippen molar-refractivity contribution in [2.24, 2.45) is 0 Å². The summed E-state index contributed by atoms with van der Waals surface area (Å²) < 4.78 is 0. The molecule has 4 aromatic rings. The summed E-state index contributed by atoms with van der Waals surface area (Å²) >= 11 is 0. The van der Waals surface area contributed by atoms with Crippen LogP contribution in [0, 0.1) is 10.1 Å². The molecule has 132 valence electrons.